The van der Waals surface area contributed by atoms with Crippen LogP contribution < -0.4 is 5.32 Å². The Morgan fingerprint density at radius 2 is 2.00 bits per heavy atom. The maximum Gasteiger partial charge on any atom is 0.0774 e. The van der Waals surface area contributed by atoms with Gasteiger partial charge in [0.1, 0.15) is 0 Å². The van der Waals surface area contributed by atoms with E-state index in [4.69, 9.17) is 5.11 Å². The van der Waals surface area contributed by atoms with Crippen molar-refractivity contribution >= 4 is 0 Å². The fourth-order valence-corrected chi connectivity index (χ4v) is 3.21. The molecule has 1 aliphatic carbocycles. The second-order valence-electron chi connectivity index (χ2n) is 5.68. The third kappa shape index (κ3) is 3.91. The minimum Gasteiger partial charge on any atom is -0.395 e. The SMILES string of the molecule is OCCN(CC1CCCN1)CC1(O)CCCC1. The van der Waals surface area contributed by atoms with Crippen LogP contribution in [0.5, 0.6) is 0 Å². The molecule has 0 aromatic heterocycles. The standard InChI is InChI=1S/C13H26N2O2/c16-9-8-15(10-12-4-3-7-14-12)11-13(17)5-1-2-6-13/h12,14,16-17H,1-11H2. The fraction of sp³-hybridized carbons (Fsp3) is 1.00. The van der Waals surface area contributed by atoms with E-state index in [1.165, 1.54) is 12.8 Å². The van der Waals surface area contributed by atoms with Crippen LogP contribution in [0.2, 0.25) is 0 Å². The molecule has 0 aromatic rings. The van der Waals surface area contributed by atoms with Crippen molar-refractivity contribution in [1.82, 2.24) is 10.2 Å². The summed E-state index contributed by atoms with van der Waals surface area (Å²) < 4.78 is 0. The first-order chi connectivity index (χ1) is 8.22. The Morgan fingerprint density at radius 1 is 1.24 bits per heavy atom. The van der Waals surface area contributed by atoms with Crippen LogP contribution in [-0.2, 0) is 0 Å². The van der Waals surface area contributed by atoms with Crippen molar-refractivity contribution in [3.05, 3.63) is 0 Å². The van der Waals surface area contributed by atoms with Gasteiger partial charge in [-0.05, 0) is 32.2 Å². The third-order valence-electron chi connectivity index (χ3n) is 4.11. The highest BCUT2D eigenvalue weighted by atomic mass is 16.3. The predicted molar refractivity (Wildman–Crippen MR) is 68.0 cm³/mol. The summed E-state index contributed by atoms with van der Waals surface area (Å²) in [7, 11) is 0. The minimum absolute atomic E-state index is 0.183. The Hall–Kier alpha value is -0.160. The predicted octanol–water partition coefficient (Wildman–Crippen LogP) is 0.338. The maximum absolute atomic E-state index is 10.4. The molecular formula is C13H26N2O2. The van der Waals surface area contributed by atoms with E-state index in [2.05, 4.69) is 10.2 Å². The van der Waals surface area contributed by atoms with Gasteiger partial charge in [0.05, 0.1) is 12.2 Å². The van der Waals surface area contributed by atoms with Crippen LogP contribution in [0.4, 0.5) is 0 Å². The summed E-state index contributed by atoms with van der Waals surface area (Å²) in [5.74, 6) is 0. The summed E-state index contributed by atoms with van der Waals surface area (Å²) in [4.78, 5) is 2.23. The molecule has 1 heterocycles. The highest BCUT2D eigenvalue weighted by molar-refractivity contribution is 4.89. The molecule has 3 N–H and O–H groups in total. The lowest BCUT2D eigenvalue weighted by atomic mass is 10.0. The van der Waals surface area contributed by atoms with Crippen LogP contribution in [0, 0.1) is 0 Å². The Morgan fingerprint density at radius 3 is 2.59 bits per heavy atom. The Labute approximate surface area is 104 Å². The van der Waals surface area contributed by atoms with E-state index in [1.54, 1.807) is 0 Å². The van der Waals surface area contributed by atoms with Crippen LogP contribution in [0.3, 0.4) is 0 Å². The van der Waals surface area contributed by atoms with Gasteiger partial charge in [0, 0.05) is 25.7 Å². The largest absolute Gasteiger partial charge is 0.395 e. The molecule has 1 aliphatic heterocycles. The second kappa shape index (κ2) is 6.14. The number of aliphatic hydroxyl groups excluding tert-OH is 1. The highest BCUT2D eigenvalue weighted by Crippen LogP contribution is 2.30. The van der Waals surface area contributed by atoms with Gasteiger partial charge >= 0.3 is 0 Å². The van der Waals surface area contributed by atoms with Crippen LogP contribution in [0.15, 0.2) is 0 Å². The molecule has 100 valence electrons. The van der Waals surface area contributed by atoms with E-state index in [-0.39, 0.29) is 6.61 Å². The van der Waals surface area contributed by atoms with Crippen LogP contribution in [0.1, 0.15) is 38.5 Å². The molecule has 2 rings (SSSR count). The molecule has 2 aliphatic rings. The monoisotopic (exact) mass is 242 g/mol. The summed E-state index contributed by atoms with van der Waals surface area (Å²) in [5.41, 5.74) is -0.492. The van der Waals surface area contributed by atoms with E-state index < -0.39 is 5.60 Å². The van der Waals surface area contributed by atoms with Gasteiger partial charge in [-0.1, -0.05) is 12.8 Å². The number of aliphatic hydroxyl groups is 2. The number of hydrogen-bond donors (Lipinski definition) is 3. The minimum atomic E-state index is -0.492. The fourth-order valence-electron chi connectivity index (χ4n) is 3.21. The molecule has 4 nitrogen and oxygen atoms in total. The number of rotatable bonds is 6. The quantitative estimate of drug-likeness (QED) is 0.628. The van der Waals surface area contributed by atoms with Gasteiger partial charge < -0.3 is 15.5 Å². The normalized spacial score (nSPS) is 28.1. The molecule has 4 heteroatoms. The molecule has 0 spiro atoms. The van der Waals surface area contributed by atoms with Crippen LogP contribution in [-0.4, -0.2) is 59.5 Å². The van der Waals surface area contributed by atoms with Crippen LogP contribution in [0.25, 0.3) is 0 Å². The van der Waals surface area contributed by atoms with Crippen molar-refractivity contribution in [2.24, 2.45) is 0 Å². The molecule has 2 fully saturated rings. The zero-order valence-corrected chi connectivity index (χ0v) is 10.7. The van der Waals surface area contributed by atoms with Crippen molar-refractivity contribution in [2.75, 3.05) is 32.8 Å². The summed E-state index contributed by atoms with van der Waals surface area (Å²) in [5, 5.41) is 23.0. The average molecular weight is 242 g/mol. The zero-order chi connectivity index (χ0) is 12.1. The lowest BCUT2D eigenvalue weighted by Gasteiger charge is -2.32. The van der Waals surface area contributed by atoms with Crippen molar-refractivity contribution < 1.29 is 10.2 Å². The maximum atomic E-state index is 10.4. The van der Waals surface area contributed by atoms with Crippen molar-refractivity contribution in [3.8, 4) is 0 Å². The van der Waals surface area contributed by atoms with Crippen LogP contribution >= 0.6 is 0 Å². The van der Waals surface area contributed by atoms with E-state index in [9.17, 15) is 5.11 Å². The molecule has 1 atom stereocenters. The molecule has 0 radical (unpaired) electrons. The van der Waals surface area contributed by atoms with Gasteiger partial charge in [0.25, 0.3) is 0 Å². The van der Waals surface area contributed by atoms with E-state index in [0.29, 0.717) is 12.6 Å². The second-order valence-corrected chi connectivity index (χ2v) is 5.68. The van der Waals surface area contributed by atoms with Crippen molar-refractivity contribution in [2.45, 2.75) is 50.2 Å². The molecule has 1 saturated carbocycles. The van der Waals surface area contributed by atoms with Gasteiger partial charge in [-0.25, -0.2) is 0 Å². The first kappa shape index (κ1) is 13.3. The summed E-state index contributed by atoms with van der Waals surface area (Å²) in [6.07, 6.45) is 6.61. The lowest BCUT2D eigenvalue weighted by molar-refractivity contribution is 0.00349. The van der Waals surface area contributed by atoms with Gasteiger partial charge in [0.15, 0.2) is 0 Å². The Kier molecular flexibility index (Phi) is 4.79. The molecule has 0 bridgehead atoms. The van der Waals surface area contributed by atoms with Gasteiger partial charge in [-0.2, -0.15) is 0 Å². The Bertz CT molecular complexity index is 223. The molecular weight excluding hydrogens is 216 g/mol. The number of hydrogen-bond acceptors (Lipinski definition) is 4. The molecule has 1 unspecified atom stereocenters. The summed E-state index contributed by atoms with van der Waals surface area (Å²) in [6, 6.07) is 0.548. The molecule has 17 heavy (non-hydrogen) atoms. The number of nitrogens with zero attached hydrogens (tertiary/aromatic N) is 1. The highest BCUT2D eigenvalue weighted by Gasteiger charge is 2.33. The Balaban J connectivity index is 1.82. The molecule has 0 aromatic carbocycles. The average Bonchev–Trinajstić information content (AvgIpc) is 2.90. The third-order valence-corrected chi connectivity index (χ3v) is 4.11. The first-order valence-electron chi connectivity index (χ1n) is 7.01. The van der Waals surface area contributed by atoms with Gasteiger partial charge in [-0.15, -0.1) is 0 Å². The topological polar surface area (TPSA) is 55.7 Å². The van der Waals surface area contributed by atoms with E-state index in [0.717, 1.165) is 45.3 Å². The van der Waals surface area contributed by atoms with Crippen molar-refractivity contribution in [1.29, 1.82) is 0 Å². The van der Waals surface area contributed by atoms with Gasteiger partial charge in [0.2, 0.25) is 0 Å². The van der Waals surface area contributed by atoms with Gasteiger partial charge in [-0.3, -0.25) is 4.90 Å². The summed E-state index contributed by atoms with van der Waals surface area (Å²) >= 11 is 0. The zero-order valence-electron chi connectivity index (χ0n) is 10.7. The van der Waals surface area contributed by atoms with E-state index in [1.807, 2.05) is 0 Å². The molecule has 0 amide bonds. The lowest BCUT2D eigenvalue weighted by Crippen LogP contribution is -2.46. The van der Waals surface area contributed by atoms with Crippen molar-refractivity contribution in [3.63, 3.8) is 0 Å². The number of nitrogens with one attached hydrogen (secondary N) is 1. The molecule has 1 saturated heterocycles. The smallest absolute Gasteiger partial charge is 0.0774 e. The first-order valence-corrected chi connectivity index (χ1v) is 7.01. The van der Waals surface area contributed by atoms with E-state index >= 15 is 0 Å². The summed E-state index contributed by atoms with van der Waals surface area (Å²) in [6.45, 7) is 3.67.